The van der Waals surface area contributed by atoms with Gasteiger partial charge in [0, 0.05) is 17.3 Å². The van der Waals surface area contributed by atoms with Gasteiger partial charge in [0.1, 0.15) is 0 Å². The quantitative estimate of drug-likeness (QED) is 0.171. The lowest BCUT2D eigenvalue weighted by Crippen LogP contribution is -2.28. The Hall–Kier alpha value is -3.10. The zero-order chi connectivity index (χ0) is 23.6. The summed E-state index contributed by atoms with van der Waals surface area (Å²) < 4.78 is 1.94. The third-order valence-electron chi connectivity index (χ3n) is 4.79. The Kier molecular flexibility index (Phi) is 9.09. The summed E-state index contributed by atoms with van der Waals surface area (Å²) in [4.78, 5) is 12.7. The lowest BCUT2D eigenvalue weighted by Gasteiger charge is -2.12. The number of hydrogen-bond donors (Lipinski definition) is 2. The molecule has 1 heterocycles. The van der Waals surface area contributed by atoms with E-state index in [1.807, 2.05) is 73.0 Å². The molecule has 33 heavy (non-hydrogen) atoms. The summed E-state index contributed by atoms with van der Waals surface area (Å²) in [5, 5.41) is 17.2. The van der Waals surface area contributed by atoms with Crippen LogP contribution in [0.2, 0.25) is 5.02 Å². The number of carbonyl (C=O) groups excluding carboxylic acids is 1. The highest BCUT2D eigenvalue weighted by atomic mass is 35.5. The Morgan fingerprint density at radius 1 is 1.21 bits per heavy atom. The predicted octanol–water partition coefficient (Wildman–Crippen LogP) is 5.14. The van der Waals surface area contributed by atoms with Crippen molar-refractivity contribution in [1.29, 1.82) is 0 Å². The number of anilines is 1. The van der Waals surface area contributed by atoms with Crippen molar-refractivity contribution in [3.8, 4) is 0 Å². The van der Waals surface area contributed by atoms with Gasteiger partial charge in [0.2, 0.25) is 0 Å². The number of benzene rings is 2. The fraction of sp³-hybridized carbons (Fsp3) is 0.250. The summed E-state index contributed by atoms with van der Waals surface area (Å²) in [5.41, 5.74) is 5.43. The van der Waals surface area contributed by atoms with Gasteiger partial charge in [0.25, 0.3) is 5.91 Å². The van der Waals surface area contributed by atoms with E-state index in [-0.39, 0.29) is 5.91 Å². The van der Waals surface area contributed by atoms with Crippen molar-refractivity contribution in [2.75, 3.05) is 5.32 Å². The molecule has 0 bridgehead atoms. The van der Waals surface area contributed by atoms with Crippen LogP contribution in [0.1, 0.15) is 31.7 Å². The van der Waals surface area contributed by atoms with Crippen LogP contribution in [0.5, 0.6) is 0 Å². The number of aromatic nitrogens is 3. The molecule has 3 rings (SSSR count). The fourth-order valence-electron chi connectivity index (χ4n) is 3.00. The molecule has 0 saturated heterocycles. The van der Waals surface area contributed by atoms with E-state index in [1.165, 1.54) is 11.8 Å². The van der Waals surface area contributed by atoms with Crippen LogP contribution in [0.25, 0.3) is 0 Å². The van der Waals surface area contributed by atoms with Gasteiger partial charge in [0.05, 0.1) is 17.5 Å². The largest absolute Gasteiger partial charge is 0.378 e. The maximum absolute atomic E-state index is 12.7. The lowest BCUT2D eigenvalue weighted by atomic mass is 10.1. The Bertz CT molecular complexity index is 1100. The average Bonchev–Trinajstić information content (AvgIpc) is 3.21. The molecule has 0 aliphatic carbocycles. The molecule has 9 heteroatoms. The van der Waals surface area contributed by atoms with Crippen molar-refractivity contribution in [1.82, 2.24) is 20.2 Å². The van der Waals surface area contributed by atoms with Crippen molar-refractivity contribution < 1.29 is 4.79 Å². The summed E-state index contributed by atoms with van der Waals surface area (Å²) >= 11 is 7.28. The van der Waals surface area contributed by atoms with Crippen LogP contribution in [0.4, 0.5) is 5.69 Å². The number of carbonyl (C=O) groups is 1. The maximum Gasteiger partial charge on any atom is 0.253 e. The second-order valence-electron chi connectivity index (χ2n) is 7.17. The molecule has 0 spiro atoms. The van der Waals surface area contributed by atoms with E-state index < -0.39 is 5.25 Å². The number of hydrazone groups is 1. The van der Waals surface area contributed by atoms with Gasteiger partial charge in [0.15, 0.2) is 11.0 Å². The first kappa shape index (κ1) is 24.5. The van der Waals surface area contributed by atoms with Crippen molar-refractivity contribution >= 4 is 40.7 Å². The summed E-state index contributed by atoms with van der Waals surface area (Å²) in [5.74, 6) is 0.547. The molecule has 0 aliphatic heterocycles. The Labute approximate surface area is 203 Å². The standard InChI is InChI=1S/C24H27ClN6OS/c1-4-15-31-22(16-26-20-13-11-19(25)12-14-20)28-30-24(31)33-17(3)23(32)29-27-21(5-2)18-9-7-6-8-10-18/h4,6-14,17,26H,1,5,15-16H2,2-3H3,(H,29,32)/b27-21-. The Balaban J connectivity index is 1.65. The molecule has 1 unspecified atom stereocenters. The first-order valence-electron chi connectivity index (χ1n) is 10.6. The minimum absolute atomic E-state index is 0.198. The van der Waals surface area contributed by atoms with E-state index in [2.05, 4.69) is 32.6 Å². The SMILES string of the molecule is C=CCn1c(CNc2ccc(Cl)cc2)nnc1SC(C)C(=O)N/N=C(/CC)c1ccccc1. The van der Waals surface area contributed by atoms with E-state index in [1.54, 1.807) is 6.08 Å². The molecular weight excluding hydrogens is 456 g/mol. The van der Waals surface area contributed by atoms with Crippen LogP contribution in [0.15, 0.2) is 77.5 Å². The van der Waals surface area contributed by atoms with Crippen LogP contribution in [0.3, 0.4) is 0 Å². The van der Waals surface area contributed by atoms with E-state index >= 15 is 0 Å². The first-order valence-corrected chi connectivity index (χ1v) is 11.9. The van der Waals surface area contributed by atoms with Gasteiger partial charge in [-0.3, -0.25) is 4.79 Å². The number of rotatable bonds is 11. The van der Waals surface area contributed by atoms with E-state index in [0.717, 1.165) is 22.8 Å². The molecule has 3 aromatic rings. The van der Waals surface area contributed by atoms with Gasteiger partial charge in [-0.2, -0.15) is 5.10 Å². The van der Waals surface area contributed by atoms with Gasteiger partial charge in [-0.15, -0.1) is 16.8 Å². The highest BCUT2D eigenvalue weighted by Gasteiger charge is 2.20. The number of halogens is 1. The number of hydrogen-bond acceptors (Lipinski definition) is 6. The smallest absolute Gasteiger partial charge is 0.253 e. The number of nitrogens with zero attached hydrogens (tertiary/aromatic N) is 4. The molecule has 1 amide bonds. The van der Waals surface area contributed by atoms with Gasteiger partial charge in [-0.25, -0.2) is 5.43 Å². The highest BCUT2D eigenvalue weighted by molar-refractivity contribution is 8.00. The summed E-state index contributed by atoms with van der Waals surface area (Å²) in [6, 6.07) is 17.3. The second-order valence-corrected chi connectivity index (χ2v) is 8.92. The number of thioether (sulfide) groups is 1. The average molecular weight is 483 g/mol. The zero-order valence-electron chi connectivity index (χ0n) is 18.7. The molecule has 172 valence electrons. The molecule has 0 saturated carbocycles. The molecule has 0 aliphatic rings. The first-order chi connectivity index (χ1) is 16.0. The summed E-state index contributed by atoms with van der Waals surface area (Å²) in [7, 11) is 0. The molecule has 1 aromatic heterocycles. The van der Waals surface area contributed by atoms with Gasteiger partial charge < -0.3 is 9.88 Å². The minimum Gasteiger partial charge on any atom is -0.378 e. The zero-order valence-corrected chi connectivity index (χ0v) is 20.2. The van der Waals surface area contributed by atoms with Crippen LogP contribution in [-0.2, 0) is 17.9 Å². The van der Waals surface area contributed by atoms with Crippen molar-refractivity contribution in [3.05, 3.63) is 83.7 Å². The van der Waals surface area contributed by atoms with E-state index in [4.69, 9.17) is 11.6 Å². The monoisotopic (exact) mass is 482 g/mol. The van der Waals surface area contributed by atoms with Gasteiger partial charge in [-0.05, 0) is 43.2 Å². The maximum atomic E-state index is 12.7. The molecular formula is C24H27ClN6OS. The Morgan fingerprint density at radius 3 is 2.61 bits per heavy atom. The topological polar surface area (TPSA) is 84.2 Å². The summed E-state index contributed by atoms with van der Waals surface area (Å²) in [6.45, 7) is 8.67. The Morgan fingerprint density at radius 2 is 1.94 bits per heavy atom. The van der Waals surface area contributed by atoms with Gasteiger partial charge in [-0.1, -0.05) is 66.7 Å². The van der Waals surface area contributed by atoms with Crippen molar-refractivity contribution in [2.24, 2.45) is 5.10 Å². The second kappa shape index (κ2) is 12.2. The highest BCUT2D eigenvalue weighted by Crippen LogP contribution is 2.23. The predicted molar refractivity (Wildman–Crippen MR) is 136 cm³/mol. The van der Waals surface area contributed by atoms with Crippen LogP contribution in [-0.4, -0.2) is 31.6 Å². The molecule has 2 aromatic carbocycles. The van der Waals surface area contributed by atoms with Crippen LogP contribution >= 0.6 is 23.4 Å². The number of nitrogens with one attached hydrogen (secondary N) is 2. The lowest BCUT2D eigenvalue weighted by molar-refractivity contribution is -0.120. The van der Waals surface area contributed by atoms with E-state index in [0.29, 0.717) is 29.7 Å². The van der Waals surface area contributed by atoms with Crippen molar-refractivity contribution in [3.63, 3.8) is 0 Å². The van der Waals surface area contributed by atoms with Crippen molar-refractivity contribution in [2.45, 2.75) is 43.8 Å². The third-order valence-corrected chi connectivity index (χ3v) is 6.13. The number of allylic oxidation sites excluding steroid dienone is 1. The third kappa shape index (κ3) is 6.94. The molecule has 1 atom stereocenters. The van der Waals surface area contributed by atoms with Crippen LogP contribution < -0.4 is 10.7 Å². The molecule has 0 radical (unpaired) electrons. The minimum atomic E-state index is -0.410. The van der Waals surface area contributed by atoms with Gasteiger partial charge >= 0.3 is 0 Å². The molecule has 0 fully saturated rings. The molecule has 7 nitrogen and oxygen atoms in total. The summed E-state index contributed by atoms with van der Waals surface area (Å²) in [6.07, 6.45) is 2.49. The van der Waals surface area contributed by atoms with Crippen LogP contribution in [0, 0.1) is 0 Å². The normalized spacial score (nSPS) is 12.3. The number of amides is 1. The van der Waals surface area contributed by atoms with E-state index in [9.17, 15) is 4.79 Å². The fourth-order valence-corrected chi connectivity index (χ4v) is 4.00. The molecule has 2 N–H and O–H groups in total.